The van der Waals surface area contributed by atoms with Crippen molar-refractivity contribution in [3.8, 4) is 17.2 Å². The number of ether oxygens (including phenoxy) is 3. The van der Waals surface area contributed by atoms with Gasteiger partial charge in [-0.3, -0.25) is 29.1 Å². The Bertz CT molecular complexity index is 2610. The molecule has 18 heteroatoms. The molecular weight excluding hydrogens is 899 g/mol. The Morgan fingerprint density at radius 3 is 2.36 bits per heavy atom. The molecule has 5 N–H and O–H groups in total. The minimum Gasteiger partial charge on any atom is -0.507 e. The van der Waals surface area contributed by atoms with Crippen LogP contribution in [0.15, 0.2) is 46.1 Å². The number of nitrogens with one attached hydrogen (secondary N) is 1. The molecule has 5 bridgehead atoms. The van der Waals surface area contributed by atoms with Gasteiger partial charge in [0, 0.05) is 119 Å². The lowest BCUT2D eigenvalue weighted by molar-refractivity contribution is -0.156. The van der Waals surface area contributed by atoms with E-state index in [4.69, 9.17) is 19.2 Å². The number of esters is 1. The third kappa shape index (κ3) is 10.2. The SMILES string of the molecule is C/C1=C/C=C/[C@H](C)[C@H](O)[C@@H](C)C(O)C[C@H](OC(=O)CC(=O)N2CCN(C3CN(C)C3)CC2)CC/C=C/O[C@@]2(C)Oc3c(C)c(O)c4c(O)c(c5c(c4c3C2=O)NC2(CCN(CC(C)C)CC2)N=5)=NC1=O. The molecule has 7 aliphatic rings. The van der Waals surface area contributed by atoms with E-state index >= 15 is 0 Å². The molecule has 0 aliphatic carbocycles. The van der Waals surface area contributed by atoms with Crippen molar-refractivity contribution in [2.45, 2.75) is 123 Å². The molecule has 380 valence electrons. The number of aromatic hydroxyl groups is 2. The number of piperidine rings is 1. The van der Waals surface area contributed by atoms with Crippen LogP contribution in [-0.4, -0.2) is 165 Å². The number of likely N-dealkylation sites (tertiary alicyclic amines) is 2. The highest BCUT2D eigenvalue weighted by molar-refractivity contribution is 6.21. The predicted octanol–water partition coefficient (Wildman–Crippen LogP) is 3.46. The zero-order valence-corrected chi connectivity index (χ0v) is 41.9. The summed E-state index contributed by atoms with van der Waals surface area (Å²) in [6.07, 6.45) is 5.93. The summed E-state index contributed by atoms with van der Waals surface area (Å²) in [4.78, 5) is 73.6. The second-order valence-electron chi connectivity index (χ2n) is 21.0. The molecule has 0 aromatic heterocycles. The van der Waals surface area contributed by atoms with Crippen LogP contribution in [0.3, 0.4) is 0 Å². The van der Waals surface area contributed by atoms with Gasteiger partial charge < -0.3 is 54.7 Å². The van der Waals surface area contributed by atoms with Crippen molar-refractivity contribution >= 4 is 40.0 Å². The fraction of sp³-hybridized carbons (Fsp3) is 0.615. The van der Waals surface area contributed by atoms with Gasteiger partial charge in [-0.05, 0) is 45.7 Å². The Labute approximate surface area is 409 Å². The summed E-state index contributed by atoms with van der Waals surface area (Å²) in [6.45, 7) is 19.3. The van der Waals surface area contributed by atoms with E-state index < -0.39 is 71.4 Å². The Balaban J connectivity index is 1.10. The summed E-state index contributed by atoms with van der Waals surface area (Å²) < 4.78 is 18.3. The number of hydrogen-bond acceptors (Lipinski definition) is 16. The van der Waals surface area contributed by atoms with Crippen LogP contribution in [0.5, 0.6) is 17.2 Å². The smallest absolute Gasteiger partial charge is 0.315 e. The van der Waals surface area contributed by atoms with E-state index in [-0.39, 0.29) is 74.9 Å². The number of amides is 2. The molecule has 7 heterocycles. The number of piperazine rings is 1. The van der Waals surface area contributed by atoms with Gasteiger partial charge in [0.25, 0.3) is 11.7 Å². The normalized spacial score (nSPS) is 29.9. The van der Waals surface area contributed by atoms with Crippen LogP contribution >= 0.6 is 0 Å². The van der Waals surface area contributed by atoms with E-state index in [0.717, 1.165) is 45.8 Å². The number of phenolic OH excluding ortho intramolecular Hbond substituents is 2. The number of likely N-dealkylation sites (N-methyl/N-ethyl adjacent to an activating group) is 1. The molecule has 2 amide bonds. The number of rotatable bonds is 6. The van der Waals surface area contributed by atoms with Crippen LogP contribution in [0.2, 0.25) is 0 Å². The Morgan fingerprint density at radius 1 is 0.986 bits per heavy atom. The van der Waals surface area contributed by atoms with Gasteiger partial charge in [0.1, 0.15) is 40.4 Å². The highest BCUT2D eigenvalue weighted by Gasteiger charge is 2.50. The summed E-state index contributed by atoms with van der Waals surface area (Å²) in [5.74, 6) is -5.79. The molecule has 18 nitrogen and oxygen atoms in total. The van der Waals surface area contributed by atoms with Crippen LogP contribution in [0, 0.1) is 24.7 Å². The van der Waals surface area contributed by atoms with Crippen molar-refractivity contribution in [3.63, 3.8) is 0 Å². The maximum Gasteiger partial charge on any atom is 0.315 e. The second kappa shape index (κ2) is 20.4. The molecule has 0 saturated carbocycles. The van der Waals surface area contributed by atoms with Crippen molar-refractivity contribution in [2.24, 2.45) is 27.7 Å². The van der Waals surface area contributed by atoms with Crippen LogP contribution in [0.4, 0.5) is 5.69 Å². The van der Waals surface area contributed by atoms with E-state index in [1.54, 1.807) is 50.8 Å². The number of allylic oxidation sites excluding steroid dienone is 3. The maximum absolute atomic E-state index is 14.7. The fourth-order valence-electron chi connectivity index (χ4n) is 10.7. The number of hydrogen-bond donors (Lipinski definition) is 5. The van der Waals surface area contributed by atoms with Gasteiger partial charge in [-0.1, -0.05) is 45.9 Å². The van der Waals surface area contributed by atoms with Gasteiger partial charge in [0.15, 0.2) is 5.75 Å². The van der Waals surface area contributed by atoms with Crippen molar-refractivity contribution in [3.05, 3.63) is 58.0 Å². The number of Topliss-reactive ketones (excluding diaryl/α,β-unsaturated/α-hetero) is 1. The van der Waals surface area contributed by atoms with Crippen LogP contribution in [0.25, 0.3) is 10.8 Å². The number of fused-ring (bicyclic) bond motifs is 13. The van der Waals surface area contributed by atoms with Crippen molar-refractivity contribution in [1.82, 2.24) is 19.6 Å². The lowest BCUT2D eigenvalue weighted by atomic mass is 9.86. The minimum atomic E-state index is -1.92. The fourth-order valence-corrected chi connectivity index (χ4v) is 10.7. The van der Waals surface area contributed by atoms with Crippen LogP contribution in [0.1, 0.15) is 96.0 Å². The highest BCUT2D eigenvalue weighted by Crippen LogP contribution is 2.51. The zero-order chi connectivity index (χ0) is 50.4. The number of ketones is 1. The molecule has 1 unspecified atom stereocenters. The molecular formula is C52H71N7O11. The largest absolute Gasteiger partial charge is 0.507 e. The van der Waals surface area contributed by atoms with Gasteiger partial charge >= 0.3 is 11.8 Å². The Hall–Kier alpha value is -5.40. The number of aliphatic hydroxyl groups excluding tert-OH is 2. The van der Waals surface area contributed by atoms with Gasteiger partial charge in [0.05, 0.1) is 35.1 Å². The first-order chi connectivity index (χ1) is 33.2. The molecule has 6 atom stereocenters. The Kier molecular flexibility index (Phi) is 14.8. The first-order valence-corrected chi connectivity index (χ1v) is 24.9. The van der Waals surface area contributed by atoms with Gasteiger partial charge in [0.2, 0.25) is 5.91 Å². The van der Waals surface area contributed by atoms with Crippen molar-refractivity contribution < 1.29 is 53.8 Å². The van der Waals surface area contributed by atoms with Gasteiger partial charge in [-0.25, -0.2) is 4.99 Å². The monoisotopic (exact) mass is 970 g/mol. The third-order valence-corrected chi connectivity index (χ3v) is 15.1. The minimum absolute atomic E-state index is 0.0341. The highest BCUT2D eigenvalue weighted by atomic mass is 16.7. The lowest BCUT2D eigenvalue weighted by Gasteiger charge is -2.46. The van der Waals surface area contributed by atoms with E-state index in [1.807, 2.05) is 0 Å². The average molecular weight is 970 g/mol. The maximum atomic E-state index is 14.7. The summed E-state index contributed by atoms with van der Waals surface area (Å²) in [5.41, 5.74) is -0.105. The quantitative estimate of drug-likeness (QED) is 0.159. The number of aliphatic hydroxyl groups is 2. The topological polar surface area (TPSA) is 227 Å². The summed E-state index contributed by atoms with van der Waals surface area (Å²) >= 11 is 0. The first kappa shape index (κ1) is 51.0. The molecule has 70 heavy (non-hydrogen) atoms. The molecule has 2 aromatic carbocycles. The molecule has 7 aliphatic heterocycles. The number of carbonyl (C=O) groups is 4. The Morgan fingerprint density at radius 2 is 1.69 bits per heavy atom. The molecule has 3 fully saturated rings. The molecule has 3 saturated heterocycles. The van der Waals surface area contributed by atoms with E-state index in [2.05, 4.69) is 45.9 Å². The van der Waals surface area contributed by atoms with E-state index in [0.29, 0.717) is 43.6 Å². The van der Waals surface area contributed by atoms with Crippen molar-refractivity contribution in [2.75, 3.05) is 71.3 Å². The molecule has 1 spiro atoms. The predicted molar refractivity (Wildman–Crippen MR) is 261 cm³/mol. The van der Waals surface area contributed by atoms with Crippen molar-refractivity contribution in [1.29, 1.82) is 0 Å². The number of nitrogens with zero attached hydrogens (tertiary/aromatic N) is 6. The average Bonchev–Trinajstić information content (AvgIpc) is 3.81. The van der Waals surface area contributed by atoms with E-state index in [1.165, 1.54) is 19.3 Å². The van der Waals surface area contributed by atoms with Crippen LogP contribution in [-0.2, 0) is 23.9 Å². The number of benzene rings is 2. The van der Waals surface area contributed by atoms with E-state index in [9.17, 15) is 39.6 Å². The molecule has 2 aromatic rings. The van der Waals surface area contributed by atoms with Gasteiger partial charge in [-0.2, -0.15) is 0 Å². The van der Waals surface area contributed by atoms with Gasteiger partial charge in [-0.15, -0.1) is 0 Å². The zero-order valence-electron chi connectivity index (χ0n) is 41.9. The first-order valence-electron chi connectivity index (χ1n) is 24.9. The number of carbonyl (C=O) groups excluding carboxylic acids is 4. The number of anilines is 1. The summed E-state index contributed by atoms with van der Waals surface area (Å²) in [5, 5.41) is 50.6. The molecule has 9 rings (SSSR count). The lowest BCUT2D eigenvalue weighted by Crippen LogP contribution is -2.62. The summed E-state index contributed by atoms with van der Waals surface area (Å²) in [6, 6.07) is 0.482. The molecule has 0 radical (unpaired) electrons. The summed E-state index contributed by atoms with van der Waals surface area (Å²) in [7, 11) is 2.08. The second-order valence-corrected chi connectivity index (χ2v) is 21.0. The van der Waals surface area contributed by atoms with Crippen LogP contribution < -0.4 is 20.8 Å². The third-order valence-electron chi connectivity index (χ3n) is 15.1. The number of phenols is 2. The standard InChI is InChI=1S/C52H71N7O11/c1-29(2)26-57-17-15-52(16-18-57)54-42-39-40-46(64)33(6)48-41(39)49(66)51(7,70-48)68-23-10-9-14-35(69-38(62)25-37(61)59-21-19-58(20-22-59)34-27-56(8)28-34)24-36(60)32(5)45(63)30(3)12-11-13-31(4)50(67)53-44(47(40)65)43(42)55-52/h10-13,23,29-30,32,34-36,45,54,60,63-65H,9,14-22,24-28H2,1-8H3/b12-11+,23-10+,31-13-,53-44?/t30-,32-,35+,36?,45-,51-/m0/s1.